The molecule has 1 aromatic rings. The van der Waals surface area contributed by atoms with E-state index in [0.717, 1.165) is 10.4 Å². The Morgan fingerprint density at radius 3 is 2.71 bits per heavy atom. The van der Waals surface area contributed by atoms with Crippen LogP contribution < -0.4 is 5.32 Å². The Labute approximate surface area is 128 Å². The van der Waals surface area contributed by atoms with Gasteiger partial charge in [0.25, 0.3) is 5.91 Å². The summed E-state index contributed by atoms with van der Waals surface area (Å²) in [4.78, 5) is 24.3. The number of amides is 1. The number of carboxylic acids is 1. The van der Waals surface area contributed by atoms with Crippen LogP contribution in [0.15, 0.2) is 12.7 Å². The summed E-state index contributed by atoms with van der Waals surface area (Å²) < 4.78 is 5.35. The first-order chi connectivity index (χ1) is 9.92. The fraction of sp³-hybridized carbons (Fsp3) is 0.467. The van der Waals surface area contributed by atoms with Crippen molar-refractivity contribution in [3.63, 3.8) is 0 Å². The fourth-order valence-electron chi connectivity index (χ4n) is 1.94. The minimum atomic E-state index is -1.02. The zero-order valence-electron chi connectivity index (χ0n) is 12.6. The number of rotatable bonds is 8. The minimum absolute atomic E-state index is 0.187. The molecule has 0 saturated carbocycles. The van der Waals surface area contributed by atoms with Gasteiger partial charge >= 0.3 is 5.97 Å². The van der Waals surface area contributed by atoms with Crippen molar-refractivity contribution in [2.45, 2.75) is 39.7 Å². The van der Waals surface area contributed by atoms with E-state index in [2.05, 4.69) is 11.9 Å². The number of carboxylic acid groups (broad SMARTS) is 1. The number of aryl methyl sites for hydroxylation is 1. The average molecular weight is 311 g/mol. The molecule has 0 spiro atoms. The van der Waals surface area contributed by atoms with Crippen LogP contribution in [-0.2, 0) is 16.0 Å². The quantitative estimate of drug-likeness (QED) is 0.571. The molecule has 1 aromatic heterocycles. The maximum Gasteiger partial charge on any atom is 0.339 e. The normalized spacial score (nSPS) is 12.0. The lowest BCUT2D eigenvalue weighted by molar-refractivity contribution is -0.126. The summed E-state index contributed by atoms with van der Waals surface area (Å²) >= 11 is 1.28. The second kappa shape index (κ2) is 7.95. The van der Waals surface area contributed by atoms with Gasteiger partial charge in [-0.1, -0.05) is 13.0 Å². The Balaban J connectivity index is 2.85. The largest absolute Gasteiger partial charge is 0.478 e. The maximum absolute atomic E-state index is 12.0. The van der Waals surface area contributed by atoms with E-state index in [1.54, 1.807) is 13.0 Å². The average Bonchev–Trinajstić information content (AvgIpc) is 2.74. The highest BCUT2D eigenvalue weighted by Gasteiger charge is 2.23. The van der Waals surface area contributed by atoms with Gasteiger partial charge in [-0.05, 0) is 32.3 Å². The number of hydrogen-bond acceptors (Lipinski definition) is 4. The molecule has 1 unspecified atom stereocenters. The number of anilines is 1. The molecule has 1 atom stereocenters. The zero-order valence-corrected chi connectivity index (χ0v) is 13.4. The van der Waals surface area contributed by atoms with Crippen LogP contribution in [-0.4, -0.2) is 29.7 Å². The number of thiophene rings is 1. The lowest BCUT2D eigenvalue weighted by Gasteiger charge is -2.12. The van der Waals surface area contributed by atoms with Gasteiger partial charge in [0.05, 0.1) is 12.2 Å². The summed E-state index contributed by atoms with van der Waals surface area (Å²) in [6, 6.07) is 0. The van der Waals surface area contributed by atoms with Crippen LogP contribution in [0.25, 0.3) is 0 Å². The molecule has 21 heavy (non-hydrogen) atoms. The van der Waals surface area contributed by atoms with Crippen molar-refractivity contribution >= 4 is 28.2 Å². The van der Waals surface area contributed by atoms with E-state index in [0.29, 0.717) is 24.4 Å². The Morgan fingerprint density at radius 1 is 1.52 bits per heavy atom. The molecular formula is C15H21NO4S. The Morgan fingerprint density at radius 2 is 2.19 bits per heavy atom. The highest BCUT2D eigenvalue weighted by atomic mass is 32.1. The fourth-order valence-corrected chi connectivity index (χ4v) is 3.08. The Bertz CT molecular complexity index is 536. The molecule has 6 heteroatoms. The van der Waals surface area contributed by atoms with E-state index in [-0.39, 0.29) is 11.5 Å². The van der Waals surface area contributed by atoms with Crippen molar-refractivity contribution in [3.8, 4) is 0 Å². The highest BCUT2D eigenvalue weighted by molar-refractivity contribution is 7.16. The molecule has 0 saturated heterocycles. The molecule has 0 aliphatic carbocycles. The number of hydrogen-bond donors (Lipinski definition) is 2. The molecule has 1 rings (SSSR count). The van der Waals surface area contributed by atoms with Crippen molar-refractivity contribution in [1.82, 2.24) is 0 Å². The van der Waals surface area contributed by atoms with Crippen LogP contribution in [0, 0.1) is 6.92 Å². The van der Waals surface area contributed by atoms with E-state index in [9.17, 15) is 14.7 Å². The van der Waals surface area contributed by atoms with Gasteiger partial charge in [0.1, 0.15) is 11.1 Å². The van der Waals surface area contributed by atoms with Crippen LogP contribution in [0.5, 0.6) is 0 Å². The van der Waals surface area contributed by atoms with Crippen LogP contribution in [0.2, 0.25) is 0 Å². The molecule has 0 fully saturated rings. The molecule has 0 aliphatic heterocycles. The molecule has 1 amide bonds. The Hall–Kier alpha value is -1.66. The van der Waals surface area contributed by atoms with Crippen LogP contribution in [0.1, 0.15) is 41.1 Å². The molecule has 0 aromatic carbocycles. The maximum atomic E-state index is 12.0. The predicted molar refractivity (Wildman–Crippen MR) is 84.3 cm³/mol. The van der Waals surface area contributed by atoms with Gasteiger partial charge in [-0.15, -0.1) is 17.9 Å². The van der Waals surface area contributed by atoms with Crippen LogP contribution in [0.4, 0.5) is 5.00 Å². The predicted octanol–water partition coefficient (Wildman–Crippen LogP) is 3.24. The number of carbonyl (C=O) groups is 2. The summed E-state index contributed by atoms with van der Waals surface area (Å²) in [5.41, 5.74) is 0.953. The van der Waals surface area contributed by atoms with Gasteiger partial charge in [-0.25, -0.2) is 4.79 Å². The highest BCUT2D eigenvalue weighted by Crippen LogP contribution is 2.33. The lowest BCUT2D eigenvalue weighted by Crippen LogP contribution is -2.28. The summed E-state index contributed by atoms with van der Waals surface area (Å²) in [7, 11) is 0. The van der Waals surface area contributed by atoms with Gasteiger partial charge in [-0.3, -0.25) is 4.79 Å². The van der Waals surface area contributed by atoms with E-state index in [1.165, 1.54) is 11.3 Å². The summed E-state index contributed by atoms with van der Waals surface area (Å²) in [5, 5.41) is 12.4. The molecule has 0 radical (unpaired) electrons. The molecule has 5 nitrogen and oxygen atoms in total. The Kier molecular flexibility index (Phi) is 6.58. The van der Waals surface area contributed by atoms with E-state index in [1.807, 2.05) is 13.8 Å². The van der Waals surface area contributed by atoms with Gasteiger partial charge in [0.15, 0.2) is 0 Å². The smallest absolute Gasteiger partial charge is 0.339 e. The van der Waals surface area contributed by atoms with E-state index in [4.69, 9.17) is 4.74 Å². The number of ether oxygens (including phenoxy) is 1. The van der Waals surface area contributed by atoms with Crippen molar-refractivity contribution in [2.24, 2.45) is 0 Å². The molecule has 1 heterocycles. The minimum Gasteiger partial charge on any atom is -0.478 e. The van der Waals surface area contributed by atoms with E-state index >= 15 is 0 Å². The van der Waals surface area contributed by atoms with Crippen molar-refractivity contribution in [3.05, 3.63) is 28.7 Å². The summed E-state index contributed by atoms with van der Waals surface area (Å²) in [6.07, 6.45) is 2.35. The number of nitrogens with one attached hydrogen (secondary N) is 1. The van der Waals surface area contributed by atoms with Crippen molar-refractivity contribution in [1.29, 1.82) is 0 Å². The third-order valence-electron chi connectivity index (χ3n) is 3.07. The third-order valence-corrected chi connectivity index (χ3v) is 4.14. The van der Waals surface area contributed by atoms with Gasteiger partial charge < -0.3 is 15.2 Å². The molecule has 0 bridgehead atoms. The van der Waals surface area contributed by atoms with Gasteiger partial charge in [0, 0.05) is 4.88 Å². The first-order valence-electron chi connectivity index (χ1n) is 6.81. The topological polar surface area (TPSA) is 75.6 Å². The first-order valence-corrected chi connectivity index (χ1v) is 7.62. The van der Waals surface area contributed by atoms with Crippen molar-refractivity contribution < 1.29 is 19.4 Å². The first kappa shape index (κ1) is 17.4. The molecule has 2 N–H and O–H groups in total. The number of carbonyl (C=O) groups excluding carboxylic acids is 1. The summed E-state index contributed by atoms with van der Waals surface area (Å²) in [5.74, 6) is -1.36. The molecule has 0 aliphatic rings. The number of aromatic carboxylic acids is 1. The van der Waals surface area contributed by atoms with Gasteiger partial charge in [-0.2, -0.15) is 0 Å². The monoisotopic (exact) mass is 311 g/mol. The second-order valence-electron chi connectivity index (χ2n) is 4.58. The van der Waals surface area contributed by atoms with Crippen LogP contribution in [0.3, 0.4) is 0 Å². The molecular weight excluding hydrogens is 290 g/mol. The second-order valence-corrected chi connectivity index (χ2v) is 5.80. The van der Waals surface area contributed by atoms with Crippen molar-refractivity contribution in [2.75, 3.05) is 11.9 Å². The van der Waals surface area contributed by atoms with Crippen LogP contribution >= 0.6 is 11.3 Å². The standard InChI is InChI=1S/C15H21NO4S/c1-5-7-8-20-9(3)13(17)16-14-12(15(18)19)11(6-2)10(4)21-14/h5,9H,1,6-8H2,2-4H3,(H,16,17)(H,18,19). The van der Waals surface area contributed by atoms with Gasteiger partial charge in [0.2, 0.25) is 0 Å². The SMILES string of the molecule is C=CCCOC(C)C(=O)Nc1sc(C)c(CC)c1C(=O)O. The summed E-state index contributed by atoms with van der Waals surface area (Å²) in [6.45, 7) is 9.38. The zero-order chi connectivity index (χ0) is 16.0. The molecule has 116 valence electrons. The lowest BCUT2D eigenvalue weighted by atomic mass is 10.1. The van der Waals surface area contributed by atoms with E-state index < -0.39 is 12.1 Å². The third kappa shape index (κ3) is 4.41.